The summed E-state index contributed by atoms with van der Waals surface area (Å²) in [6.45, 7) is 8.22. The molecule has 1 aliphatic heterocycles. The highest BCUT2D eigenvalue weighted by Gasteiger charge is 2.37. The van der Waals surface area contributed by atoms with Gasteiger partial charge in [0.05, 0.1) is 0 Å². The normalized spacial score (nSPS) is 15.0. The topological polar surface area (TPSA) is 60.4 Å². The monoisotopic (exact) mass is 812 g/mol. The molecule has 8 aromatic rings. The van der Waals surface area contributed by atoms with Crippen LogP contribution in [-0.2, 0) is 0 Å². The van der Waals surface area contributed by atoms with Crippen LogP contribution in [-0.4, -0.2) is 17.3 Å². The lowest BCUT2D eigenvalue weighted by Gasteiger charge is -2.31. The van der Waals surface area contributed by atoms with Crippen molar-refractivity contribution in [3.8, 4) is 11.5 Å². The van der Waals surface area contributed by atoms with Gasteiger partial charge in [-0.25, -0.2) is 0 Å². The van der Waals surface area contributed by atoms with E-state index in [0.717, 1.165) is 123 Å². The largest absolute Gasteiger partial charge is 0.456 e. The molecule has 0 saturated heterocycles. The summed E-state index contributed by atoms with van der Waals surface area (Å²) >= 11 is 0. The summed E-state index contributed by atoms with van der Waals surface area (Å²) in [6, 6.07) is 56.1. The molecule has 0 bridgehead atoms. The number of hydrogen-bond donors (Lipinski definition) is 0. The summed E-state index contributed by atoms with van der Waals surface area (Å²) in [6.07, 6.45) is 0. The average molecular weight is 813 g/mol. The number of para-hydroxylation sites is 2. The molecule has 300 valence electrons. The van der Waals surface area contributed by atoms with Gasteiger partial charge in [-0.15, -0.1) is 0 Å². The van der Waals surface area contributed by atoms with E-state index in [-0.39, 0.29) is 17.3 Å². The Labute approximate surface area is 366 Å². The molecule has 0 atom stereocenters. The zero-order chi connectivity index (χ0) is 43.1. The first-order valence-electron chi connectivity index (χ1n) is 21.3. The van der Waals surface area contributed by atoms with E-state index in [1.54, 1.807) is 0 Å². The molecule has 0 amide bonds. The van der Waals surface area contributed by atoms with Gasteiger partial charge in [0.25, 0.3) is 0 Å². The summed E-state index contributed by atoms with van der Waals surface area (Å²) in [5, 5.41) is 0. The molecule has 1 heterocycles. The van der Waals surface area contributed by atoms with Crippen molar-refractivity contribution in [1.82, 2.24) is 0 Å². The van der Waals surface area contributed by atoms with Crippen LogP contribution in [0, 0.1) is 27.7 Å². The fraction of sp³-hybridized carbons (Fsp3) is 0.0678. The molecule has 0 unspecified atom stereocenters. The van der Waals surface area contributed by atoms with Crippen LogP contribution in [0.3, 0.4) is 0 Å². The number of hydrogen-bond acceptors (Lipinski definition) is 4. The quantitative estimate of drug-likeness (QED) is 0.153. The Morgan fingerprint density at radius 3 is 0.921 bits per heavy atom. The maximum Gasteiger partial charge on any atom is 0.194 e. The van der Waals surface area contributed by atoms with Gasteiger partial charge >= 0.3 is 0 Å². The molecular formula is C59H40O4. The lowest BCUT2D eigenvalue weighted by Crippen LogP contribution is -2.21. The number of ether oxygens (including phenoxy) is 1. The van der Waals surface area contributed by atoms with Gasteiger partial charge in [-0.05, 0) is 113 Å². The van der Waals surface area contributed by atoms with E-state index in [0.29, 0.717) is 11.1 Å². The summed E-state index contributed by atoms with van der Waals surface area (Å²) in [5.74, 6) is 1.86. The lowest BCUT2D eigenvalue weighted by molar-refractivity contribution is 0.102. The molecule has 4 heteroatoms. The van der Waals surface area contributed by atoms with Gasteiger partial charge in [0.15, 0.2) is 17.3 Å². The molecular weight excluding hydrogens is 773 g/mol. The van der Waals surface area contributed by atoms with Crippen molar-refractivity contribution in [2.24, 2.45) is 0 Å². The molecule has 12 rings (SSSR count). The fourth-order valence-electron chi connectivity index (χ4n) is 10.2. The number of ketones is 3. The number of rotatable bonds is 0. The molecule has 0 fully saturated rings. The third kappa shape index (κ3) is 5.86. The Morgan fingerprint density at radius 1 is 0.286 bits per heavy atom. The Balaban J connectivity index is 0.000000143. The van der Waals surface area contributed by atoms with Crippen molar-refractivity contribution in [3.63, 3.8) is 0 Å². The number of carbonyl (C=O) groups is 3. The Hall–Kier alpha value is -7.95. The second-order valence-corrected chi connectivity index (χ2v) is 16.8. The van der Waals surface area contributed by atoms with E-state index in [1.807, 2.05) is 159 Å². The van der Waals surface area contributed by atoms with E-state index in [4.69, 9.17) is 4.74 Å². The highest BCUT2D eigenvalue weighted by atomic mass is 16.5. The highest BCUT2D eigenvalue weighted by Crippen LogP contribution is 2.51. The minimum Gasteiger partial charge on any atom is -0.456 e. The van der Waals surface area contributed by atoms with Gasteiger partial charge in [0.1, 0.15) is 11.5 Å². The van der Waals surface area contributed by atoms with Gasteiger partial charge in [-0.2, -0.15) is 0 Å². The molecule has 0 saturated carbocycles. The maximum atomic E-state index is 13.6. The second-order valence-electron chi connectivity index (χ2n) is 16.8. The minimum atomic E-state index is 0.0581. The van der Waals surface area contributed by atoms with Crippen molar-refractivity contribution in [2.45, 2.75) is 27.7 Å². The zero-order valence-corrected chi connectivity index (χ0v) is 35.3. The molecule has 8 aromatic carbocycles. The highest BCUT2D eigenvalue weighted by molar-refractivity contribution is 6.28. The van der Waals surface area contributed by atoms with Crippen molar-refractivity contribution in [1.29, 1.82) is 0 Å². The van der Waals surface area contributed by atoms with Crippen LogP contribution in [0.4, 0.5) is 0 Å². The molecule has 0 aromatic heterocycles. The molecule has 0 spiro atoms. The number of benzene rings is 8. The van der Waals surface area contributed by atoms with Crippen LogP contribution in [0.1, 0.15) is 115 Å². The smallest absolute Gasteiger partial charge is 0.194 e. The summed E-state index contributed by atoms with van der Waals surface area (Å²) < 4.78 is 6.19. The Morgan fingerprint density at radius 2 is 0.556 bits per heavy atom. The number of aryl methyl sites for hydroxylation is 4. The number of fused-ring (bicyclic) bond motifs is 8. The first-order chi connectivity index (χ1) is 30.7. The van der Waals surface area contributed by atoms with Crippen LogP contribution >= 0.6 is 0 Å². The van der Waals surface area contributed by atoms with Gasteiger partial charge in [0, 0.05) is 50.1 Å². The molecule has 4 aliphatic rings. The van der Waals surface area contributed by atoms with E-state index >= 15 is 0 Å². The molecule has 3 aliphatic carbocycles. The van der Waals surface area contributed by atoms with Gasteiger partial charge in [0.2, 0.25) is 0 Å². The van der Waals surface area contributed by atoms with Crippen LogP contribution < -0.4 is 4.74 Å². The molecule has 0 N–H and O–H groups in total. The van der Waals surface area contributed by atoms with Crippen molar-refractivity contribution < 1.29 is 19.1 Å². The molecule has 4 nitrogen and oxygen atoms in total. The minimum absolute atomic E-state index is 0.0581. The number of carbonyl (C=O) groups excluding carboxylic acids is 3. The van der Waals surface area contributed by atoms with Crippen molar-refractivity contribution in [3.05, 3.63) is 270 Å². The predicted molar refractivity (Wildman–Crippen MR) is 251 cm³/mol. The van der Waals surface area contributed by atoms with Gasteiger partial charge < -0.3 is 4.74 Å². The second kappa shape index (κ2) is 14.6. The third-order valence-corrected chi connectivity index (χ3v) is 12.7. The summed E-state index contributed by atoms with van der Waals surface area (Å²) in [5.41, 5.74) is 20.8. The third-order valence-electron chi connectivity index (χ3n) is 12.7. The van der Waals surface area contributed by atoms with Gasteiger partial charge in [-0.3, -0.25) is 14.4 Å². The SMILES string of the molecule is Cc1cc(C)c2c(c1)C(=O)c1ccccc1/C2=C1/c2ccccc2C(=O)c2cc(C)cc(C)c21.O=C1c2ccccc2C(=C2c3ccccc3Oc3ccccc32)c2ccccc21. The average Bonchev–Trinajstić information content (AvgIpc) is 3.30. The van der Waals surface area contributed by atoms with Crippen LogP contribution in [0.25, 0.3) is 22.3 Å². The van der Waals surface area contributed by atoms with Crippen LogP contribution in [0.15, 0.2) is 170 Å². The Bertz CT molecular complexity index is 3190. The van der Waals surface area contributed by atoms with E-state index in [1.165, 1.54) is 0 Å². The Kier molecular flexibility index (Phi) is 8.81. The first kappa shape index (κ1) is 38.0. The zero-order valence-electron chi connectivity index (χ0n) is 35.3. The van der Waals surface area contributed by atoms with E-state index < -0.39 is 0 Å². The first-order valence-corrected chi connectivity index (χ1v) is 21.3. The van der Waals surface area contributed by atoms with E-state index in [9.17, 15) is 14.4 Å². The molecule has 0 radical (unpaired) electrons. The fourth-order valence-corrected chi connectivity index (χ4v) is 10.2. The van der Waals surface area contributed by atoms with Crippen LogP contribution in [0.5, 0.6) is 11.5 Å². The van der Waals surface area contributed by atoms with E-state index in [2.05, 4.69) is 38.1 Å². The molecule has 63 heavy (non-hydrogen) atoms. The summed E-state index contributed by atoms with van der Waals surface area (Å²) in [4.78, 5) is 40.4. The van der Waals surface area contributed by atoms with Crippen LogP contribution in [0.2, 0.25) is 0 Å². The van der Waals surface area contributed by atoms with Crippen molar-refractivity contribution >= 4 is 39.6 Å². The van der Waals surface area contributed by atoms with Crippen molar-refractivity contribution in [2.75, 3.05) is 0 Å². The maximum absolute atomic E-state index is 13.6. The van der Waals surface area contributed by atoms with Gasteiger partial charge in [-0.1, -0.05) is 157 Å². The predicted octanol–water partition coefficient (Wildman–Crippen LogP) is 13.4. The lowest BCUT2D eigenvalue weighted by atomic mass is 9.70. The standard InChI is InChI=1S/C32H24O2.C27H16O2/c1-17-13-19(3)27-25(15-17)31(33)23-11-7-5-9-21(23)29(27)30-22-10-6-8-12-24(22)32(34)26-16-18(2)14-20(4)28(26)30;28-27-19-11-3-1-9-17(19)25(18-10-2-4-12-20(18)27)26-21-13-5-7-15-23(21)29-24-16-8-6-14-22(24)26/h5-16H,1-4H3;1-16H/b30-29+;. The summed E-state index contributed by atoms with van der Waals surface area (Å²) in [7, 11) is 0.